The minimum Gasteiger partial charge on any atom is -0.324 e. The molecule has 15 heavy (non-hydrogen) atoms. The lowest BCUT2D eigenvalue weighted by molar-refractivity contribution is 0.769. The Balaban J connectivity index is 2.21. The molecule has 0 bridgehead atoms. The second-order valence-electron chi connectivity index (χ2n) is 2.96. The van der Waals surface area contributed by atoms with Crippen LogP contribution in [0.1, 0.15) is 0 Å². The van der Waals surface area contributed by atoms with Gasteiger partial charge in [0.25, 0.3) is 0 Å². The van der Waals surface area contributed by atoms with Gasteiger partial charge in [0, 0.05) is 17.8 Å². The van der Waals surface area contributed by atoms with Crippen molar-refractivity contribution in [3.05, 3.63) is 34.0 Å². The highest BCUT2D eigenvalue weighted by atomic mass is 79.9. The second-order valence-corrected chi connectivity index (χ2v) is 4.11. The first kappa shape index (κ1) is 10.4. The molecule has 0 aliphatic rings. The largest absolute Gasteiger partial charge is 0.324 e. The summed E-state index contributed by atoms with van der Waals surface area (Å²) in [7, 11) is 1.82. The molecule has 6 heteroatoms. The number of rotatable bonds is 2. The third kappa shape index (κ3) is 2.49. The quantitative estimate of drug-likeness (QED) is 0.923. The molecule has 1 aromatic carbocycles. The molecule has 2 rings (SSSR count). The van der Waals surface area contributed by atoms with E-state index in [0.29, 0.717) is 15.7 Å². The minimum absolute atomic E-state index is 0.557. The normalized spacial score (nSPS) is 10.3. The number of anilines is 2. The van der Waals surface area contributed by atoms with Gasteiger partial charge in [-0.3, -0.25) is 0 Å². The Morgan fingerprint density at radius 3 is 2.53 bits per heavy atom. The topological polar surface area (TPSA) is 42.7 Å². The summed E-state index contributed by atoms with van der Waals surface area (Å²) in [5.41, 5.74) is 0.919. The average Bonchev–Trinajstić information content (AvgIpc) is 2.49. The van der Waals surface area contributed by atoms with Gasteiger partial charge in [0.2, 0.25) is 10.7 Å². The van der Waals surface area contributed by atoms with E-state index in [4.69, 9.17) is 11.6 Å². The Morgan fingerprint density at radius 2 is 2.00 bits per heavy atom. The molecule has 78 valence electrons. The minimum atomic E-state index is 0.557. The van der Waals surface area contributed by atoms with Gasteiger partial charge in [-0.15, -0.1) is 5.10 Å². The van der Waals surface area contributed by atoms with E-state index in [-0.39, 0.29) is 0 Å². The van der Waals surface area contributed by atoms with Crippen molar-refractivity contribution in [3.8, 4) is 0 Å². The first-order valence-electron chi connectivity index (χ1n) is 4.24. The van der Waals surface area contributed by atoms with Crippen molar-refractivity contribution in [2.45, 2.75) is 0 Å². The molecule has 0 saturated carbocycles. The molecule has 4 nitrogen and oxygen atoms in total. The molecule has 0 fully saturated rings. The molecule has 1 aromatic heterocycles. The van der Waals surface area contributed by atoms with Gasteiger partial charge in [-0.1, -0.05) is 11.6 Å². The molecular formula is C9H8BrClN4. The monoisotopic (exact) mass is 286 g/mol. The first-order chi connectivity index (χ1) is 7.15. The van der Waals surface area contributed by atoms with Crippen molar-refractivity contribution in [1.29, 1.82) is 0 Å². The molecule has 0 amide bonds. The van der Waals surface area contributed by atoms with Crippen molar-refractivity contribution in [3.63, 3.8) is 0 Å². The zero-order valence-electron chi connectivity index (χ0n) is 7.91. The number of benzene rings is 1. The highest BCUT2D eigenvalue weighted by Crippen LogP contribution is 2.18. The maximum Gasteiger partial charge on any atom is 0.226 e. The van der Waals surface area contributed by atoms with Crippen LogP contribution in [0.2, 0.25) is 5.02 Å². The lowest BCUT2D eigenvalue weighted by atomic mass is 10.3. The van der Waals surface area contributed by atoms with Gasteiger partial charge in [-0.2, -0.15) is 4.98 Å². The molecule has 0 atom stereocenters. The summed E-state index contributed by atoms with van der Waals surface area (Å²) in [5.74, 6) is 0.671. The molecule has 2 aromatic rings. The fourth-order valence-corrected chi connectivity index (χ4v) is 1.66. The van der Waals surface area contributed by atoms with E-state index in [2.05, 4.69) is 31.3 Å². The van der Waals surface area contributed by atoms with Gasteiger partial charge in [0.15, 0.2) is 0 Å². The zero-order chi connectivity index (χ0) is 10.8. The van der Waals surface area contributed by atoms with Gasteiger partial charge in [0.1, 0.15) is 0 Å². The summed E-state index contributed by atoms with van der Waals surface area (Å²) < 4.78 is 2.21. The Bertz CT molecular complexity index is 465. The van der Waals surface area contributed by atoms with E-state index in [1.54, 1.807) is 4.68 Å². The number of aryl methyl sites for hydroxylation is 1. The second kappa shape index (κ2) is 4.20. The van der Waals surface area contributed by atoms with Crippen LogP contribution < -0.4 is 5.32 Å². The predicted octanol–water partition coefficient (Wildman–Crippen LogP) is 2.97. The number of hydrogen-bond acceptors (Lipinski definition) is 3. The maximum absolute atomic E-state index is 5.78. The van der Waals surface area contributed by atoms with Crippen molar-refractivity contribution in [2.75, 3.05) is 5.32 Å². The lowest BCUT2D eigenvalue weighted by Crippen LogP contribution is -1.99. The standard InChI is InChI=1S/C9H8BrClN4/c1-15-9(13-8(10)14-15)12-7-4-2-6(11)3-5-7/h2-5H,1H3,(H,12,13,14). The Morgan fingerprint density at radius 1 is 1.33 bits per heavy atom. The van der Waals surface area contributed by atoms with Crippen LogP contribution in [-0.4, -0.2) is 14.8 Å². The average molecular weight is 288 g/mol. The van der Waals surface area contributed by atoms with Gasteiger partial charge in [-0.25, -0.2) is 4.68 Å². The predicted molar refractivity (Wildman–Crippen MR) is 63.4 cm³/mol. The number of nitrogens with zero attached hydrogens (tertiary/aromatic N) is 3. The van der Waals surface area contributed by atoms with Crippen LogP contribution in [0.25, 0.3) is 0 Å². The van der Waals surface area contributed by atoms with Gasteiger partial charge < -0.3 is 5.32 Å². The fraction of sp³-hybridized carbons (Fsp3) is 0.111. The van der Waals surface area contributed by atoms with Crippen LogP contribution in [0.4, 0.5) is 11.6 Å². The molecule has 0 radical (unpaired) electrons. The van der Waals surface area contributed by atoms with Crippen molar-refractivity contribution < 1.29 is 0 Å². The summed E-state index contributed by atoms with van der Waals surface area (Å²) in [6.45, 7) is 0. The van der Waals surface area contributed by atoms with Crippen LogP contribution in [0, 0.1) is 0 Å². The summed E-state index contributed by atoms with van der Waals surface area (Å²) >= 11 is 8.99. The Kier molecular flexibility index (Phi) is 2.93. The Labute approximate surface area is 100 Å². The molecule has 0 unspecified atom stereocenters. The van der Waals surface area contributed by atoms with Crippen LogP contribution in [0.3, 0.4) is 0 Å². The molecule has 0 saturated heterocycles. The molecule has 0 aliphatic carbocycles. The SMILES string of the molecule is Cn1nc(Br)nc1Nc1ccc(Cl)cc1. The summed E-state index contributed by atoms with van der Waals surface area (Å²) in [6.07, 6.45) is 0. The highest BCUT2D eigenvalue weighted by molar-refractivity contribution is 9.10. The lowest BCUT2D eigenvalue weighted by Gasteiger charge is -2.03. The summed E-state index contributed by atoms with van der Waals surface area (Å²) in [6, 6.07) is 7.39. The third-order valence-corrected chi connectivity index (χ3v) is 2.43. The number of nitrogens with one attached hydrogen (secondary N) is 1. The summed E-state index contributed by atoms with van der Waals surface area (Å²) in [4.78, 5) is 4.15. The maximum atomic E-state index is 5.78. The Hall–Kier alpha value is -1.07. The molecule has 1 N–H and O–H groups in total. The van der Waals surface area contributed by atoms with E-state index >= 15 is 0 Å². The molecular weight excluding hydrogens is 279 g/mol. The van der Waals surface area contributed by atoms with E-state index < -0.39 is 0 Å². The van der Waals surface area contributed by atoms with Crippen molar-refractivity contribution in [1.82, 2.24) is 14.8 Å². The fourth-order valence-electron chi connectivity index (χ4n) is 1.12. The van der Waals surface area contributed by atoms with Crippen LogP contribution in [0.5, 0.6) is 0 Å². The van der Waals surface area contributed by atoms with Crippen molar-refractivity contribution in [2.24, 2.45) is 7.05 Å². The number of aromatic nitrogens is 3. The van der Waals surface area contributed by atoms with E-state index in [9.17, 15) is 0 Å². The number of hydrogen-bond donors (Lipinski definition) is 1. The summed E-state index contributed by atoms with van der Waals surface area (Å²) in [5, 5.41) is 7.89. The van der Waals surface area contributed by atoms with E-state index in [1.807, 2.05) is 31.3 Å². The van der Waals surface area contributed by atoms with Crippen LogP contribution in [0.15, 0.2) is 29.0 Å². The molecule has 1 heterocycles. The van der Waals surface area contributed by atoms with E-state index in [0.717, 1.165) is 5.69 Å². The van der Waals surface area contributed by atoms with Gasteiger partial charge >= 0.3 is 0 Å². The van der Waals surface area contributed by atoms with Gasteiger partial charge in [-0.05, 0) is 40.2 Å². The van der Waals surface area contributed by atoms with Crippen LogP contribution >= 0.6 is 27.5 Å². The number of halogens is 2. The first-order valence-corrected chi connectivity index (χ1v) is 5.41. The smallest absolute Gasteiger partial charge is 0.226 e. The molecule has 0 aliphatic heterocycles. The van der Waals surface area contributed by atoms with E-state index in [1.165, 1.54) is 0 Å². The zero-order valence-corrected chi connectivity index (χ0v) is 10.2. The van der Waals surface area contributed by atoms with Gasteiger partial charge in [0.05, 0.1) is 0 Å². The molecule has 0 spiro atoms. The highest BCUT2D eigenvalue weighted by Gasteiger charge is 2.04. The third-order valence-electron chi connectivity index (χ3n) is 1.84. The van der Waals surface area contributed by atoms with Crippen molar-refractivity contribution >= 4 is 39.2 Å². The van der Waals surface area contributed by atoms with Crippen LogP contribution in [-0.2, 0) is 7.05 Å².